The molecule has 112 valence electrons. The lowest BCUT2D eigenvalue weighted by Crippen LogP contribution is -1.92. The highest BCUT2D eigenvalue weighted by molar-refractivity contribution is 6.32. The van der Waals surface area contributed by atoms with Gasteiger partial charge >= 0.3 is 0 Å². The van der Waals surface area contributed by atoms with Crippen molar-refractivity contribution in [3.05, 3.63) is 65.1 Å². The van der Waals surface area contributed by atoms with Gasteiger partial charge in [0.25, 0.3) is 0 Å². The average molecular weight is 320 g/mol. The number of benzene rings is 1. The Balaban J connectivity index is 2.09. The molecule has 0 unspecified atom stereocenters. The summed E-state index contributed by atoms with van der Waals surface area (Å²) in [6.45, 7) is 3.98. The Hall–Kier alpha value is -2.52. The number of pyridine rings is 3. The second-order valence-corrected chi connectivity index (χ2v) is 6.07. The Morgan fingerprint density at radius 1 is 0.870 bits per heavy atom. The molecule has 3 aromatic heterocycles. The molecular weight excluding hydrogens is 306 g/mol. The van der Waals surface area contributed by atoms with Crippen LogP contribution in [0.15, 0.2) is 48.8 Å². The van der Waals surface area contributed by atoms with Crippen molar-refractivity contribution in [3.63, 3.8) is 0 Å². The quantitative estimate of drug-likeness (QED) is 0.489. The first-order chi connectivity index (χ1) is 11.1. The monoisotopic (exact) mass is 319 g/mol. The van der Waals surface area contributed by atoms with Crippen LogP contribution in [0.2, 0.25) is 5.02 Å². The molecule has 3 heterocycles. The fraction of sp³-hybridized carbons (Fsp3) is 0.105. The van der Waals surface area contributed by atoms with Crippen molar-refractivity contribution in [1.29, 1.82) is 0 Å². The van der Waals surface area contributed by atoms with E-state index in [2.05, 4.69) is 27.1 Å². The Morgan fingerprint density at radius 2 is 1.70 bits per heavy atom. The molecule has 0 spiro atoms. The minimum absolute atomic E-state index is 0.743. The van der Waals surface area contributed by atoms with Gasteiger partial charge in [0.2, 0.25) is 0 Å². The predicted molar refractivity (Wildman–Crippen MR) is 94.8 cm³/mol. The summed E-state index contributed by atoms with van der Waals surface area (Å²) >= 11 is 6.26. The Morgan fingerprint density at radius 3 is 2.57 bits per heavy atom. The van der Waals surface area contributed by atoms with Crippen molar-refractivity contribution in [2.24, 2.45) is 0 Å². The number of aryl methyl sites for hydroxylation is 2. The molecule has 0 aliphatic heterocycles. The van der Waals surface area contributed by atoms with E-state index < -0.39 is 0 Å². The van der Waals surface area contributed by atoms with Gasteiger partial charge in [0.1, 0.15) is 0 Å². The fourth-order valence-corrected chi connectivity index (χ4v) is 3.02. The highest BCUT2D eigenvalue weighted by atomic mass is 35.5. The molecule has 23 heavy (non-hydrogen) atoms. The van der Waals surface area contributed by atoms with Gasteiger partial charge in [-0.2, -0.15) is 0 Å². The van der Waals surface area contributed by atoms with Crippen molar-refractivity contribution in [1.82, 2.24) is 15.0 Å². The average Bonchev–Trinajstić information content (AvgIpc) is 2.54. The summed E-state index contributed by atoms with van der Waals surface area (Å²) in [7, 11) is 0. The minimum Gasteiger partial charge on any atom is -0.256 e. The van der Waals surface area contributed by atoms with Crippen LogP contribution >= 0.6 is 11.6 Å². The van der Waals surface area contributed by atoms with E-state index in [1.165, 1.54) is 0 Å². The molecule has 0 atom stereocenters. The van der Waals surface area contributed by atoms with Crippen LogP contribution in [0.3, 0.4) is 0 Å². The first-order valence-corrected chi connectivity index (χ1v) is 7.79. The standard InChI is InChI=1S/C19H14ClN3/c1-11-9-16-13(10-17(11)20)5-7-21-18(16)14-6-8-22-19-15(14)4-3-12(2)23-19/h3-10H,1-2H3. The third-order valence-electron chi connectivity index (χ3n) is 4.04. The largest absolute Gasteiger partial charge is 0.256 e. The SMILES string of the molecule is Cc1ccc2c(-c3nccc4cc(Cl)c(C)cc34)ccnc2n1. The van der Waals surface area contributed by atoms with E-state index in [-0.39, 0.29) is 0 Å². The molecule has 0 fully saturated rings. The number of hydrogen-bond donors (Lipinski definition) is 0. The van der Waals surface area contributed by atoms with Gasteiger partial charge in [-0.1, -0.05) is 11.6 Å². The van der Waals surface area contributed by atoms with Gasteiger partial charge in [0, 0.05) is 39.4 Å². The van der Waals surface area contributed by atoms with Crippen molar-refractivity contribution < 1.29 is 0 Å². The van der Waals surface area contributed by atoms with E-state index >= 15 is 0 Å². The number of aromatic nitrogens is 3. The molecule has 0 bridgehead atoms. The topological polar surface area (TPSA) is 38.7 Å². The molecule has 4 rings (SSSR count). The number of fused-ring (bicyclic) bond motifs is 2. The van der Waals surface area contributed by atoms with Crippen molar-refractivity contribution >= 4 is 33.4 Å². The zero-order chi connectivity index (χ0) is 16.0. The number of nitrogens with zero attached hydrogens (tertiary/aromatic N) is 3. The first kappa shape index (κ1) is 14.1. The summed E-state index contributed by atoms with van der Waals surface area (Å²) in [6.07, 6.45) is 3.60. The second kappa shape index (κ2) is 5.28. The van der Waals surface area contributed by atoms with Crippen LogP contribution in [0, 0.1) is 13.8 Å². The normalized spacial score (nSPS) is 11.3. The molecule has 0 saturated carbocycles. The molecule has 3 nitrogen and oxygen atoms in total. The molecule has 0 aliphatic carbocycles. The Bertz CT molecular complexity index is 1060. The zero-order valence-corrected chi connectivity index (χ0v) is 13.6. The maximum Gasteiger partial charge on any atom is 0.160 e. The third kappa shape index (κ3) is 2.34. The van der Waals surface area contributed by atoms with Crippen molar-refractivity contribution in [3.8, 4) is 11.3 Å². The molecule has 0 amide bonds. The van der Waals surface area contributed by atoms with Gasteiger partial charge in [0.05, 0.1) is 5.69 Å². The van der Waals surface area contributed by atoms with Crippen molar-refractivity contribution in [2.45, 2.75) is 13.8 Å². The maximum absolute atomic E-state index is 6.26. The number of hydrogen-bond acceptors (Lipinski definition) is 3. The fourth-order valence-electron chi connectivity index (χ4n) is 2.85. The van der Waals surface area contributed by atoms with Crippen LogP contribution in [-0.4, -0.2) is 15.0 Å². The summed E-state index contributed by atoms with van der Waals surface area (Å²) in [6, 6.07) is 12.1. The summed E-state index contributed by atoms with van der Waals surface area (Å²) in [5.74, 6) is 0. The summed E-state index contributed by atoms with van der Waals surface area (Å²) < 4.78 is 0. The molecule has 4 heteroatoms. The number of halogens is 1. The maximum atomic E-state index is 6.26. The van der Waals surface area contributed by atoms with Crippen LogP contribution in [0.1, 0.15) is 11.3 Å². The lowest BCUT2D eigenvalue weighted by molar-refractivity contribution is 1.20. The molecule has 4 aromatic rings. The Labute approximate surface area is 139 Å². The van der Waals surface area contributed by atoms with Crippen LogP contribution in [0.4, 0.5) is 0 Å². The lowest BCUT2D eigenvalue weighted by Gasteiger charge is -2.10. The second-order valence-electron chi connectivity index (χ2n) is 5.66. The van der Waals surface area contributed by atoms with E-state index in [1.54, 1.807) is 6.20 Å². The smallest absolute Gasteiger partial charge is 0.160 e. The van der Waals surface area contributed by atoms with Gasteiger partial charge in [-0.05, 0) is 61.2 Å². The van der Waals surface area contributed by atoms with E-state index in [0.29, 0.717) is 0 Å². The Kier molecular flexibility index (Phi) is 3.24. The van der Waals surface area contributed by atoms with Crippen molar-refractivity contribution in [2.75, 3.05) is 0 Å². The lowest BCUT2D eigenvalue weighted by atomic mass is 10.0. The molecule has 0 N–H and O–H groups in total. The van der Waals surface area contributed by atoms with Crippen LogP contribution in [0.25, 0.3) is 33.1 Å². The summed E-state index contributed by atoms with van der Waals surface area (Å²) in [5, 5.41) is 3.94. The number of rotatable bonds is 1. The van der Waals surface area contributed by atoms with Gasteiger partial charge in [-0.15, -0.1) is 0 Å². The predicted octanol–water partition coefficient (Wildman–Crippen LogP) is 5.12. The molecular formula is C19H14ClN3. The van der Waals surface area contributed by atoms with Crippen LogP contribution in [-0.2, 0) is 0 Å². The van der Waals surface area contributed by atoms with Gasteiger partial charge < -0.3 is 0 Å². The summed E-state index contributed by atoms with van der Waals surface area (Å²) in [5.41, 5.74) is 4.71. The van der Waals surface area contributed by atoms with Gasteiger partial charge in [0.15, 0.2) is 5.65 Å². The third-order valence-corrected chi connectivity index (χ3v) is 4.45. The summed E-state index contributed by atoms with van der Waals surface area (Å²) in [4.78, 5) is 13.5. The van der Waals surface area contributed by atoms with E-state index in [1.807, 2.05) is 44.3 Å². The highest BCUT2D eigenvalue weighted by Gasteiger charge is 2.11. The van der Waals surface area contributed by atoms with Crippen LogP contribution in [0.5, 0.6) is 0 Å². The first-order valence-electron chi connectivity index (χ1n) is 7.41. The van der Waals surface area contributed by atoms with Gasteiger partial charge in [-0.25, -0.2) is 9.97 Å². The van der Waals surface area contributed by atoms with E-state index in [0.717, 1.165) is 49.3 Å². The van der Waals surface area contributed by atoms with Crippen LogP contribution < -0.4 is 0 Å². The molecule has 0 radical (unpaired) electrons. The van der Waals surface area contributed by atoms with Gasteiger partial charge in [-0.3, -0.25) is 4.98 Å². The van der Waals surface area contributed by atoms with E-state index in [4.69, 9.17) is 11.6 Å². The molecule has 0 saturated heterocycles. The minimum atomic E-state index is 0.743. The highest BCUT2D eigenvalue weighted by Crippen LogP contribution is 2.33. The molecule has 1 aromatic carbocycles. The van der Waals surface area contributed by atoms with E-state index in [9.17, 15) is 0 Å². The molecule has 0 aliphatic rings. The zero-order valence-electron chi connectivity index (χ0n) is 12.8.